The minimum atomic E-state index is -0.373. The number of hydrogen-bond acceptors (Lipinski definition) is 3. The highest BCUT2D eigenvalue weighted by Gasteiger charge is 1.98. The highest BCUT2D eigenvalue weighted by Crippen LogP contribution is 2.03. The van der Waals surface area contributed by atoms with Crippen LogP contribution in [-0.4, -0.2) is 9.55 Å². The molecular weight excluding hydrogens is 240 g/mol. The van der Waals surface area contributed by atoms with Gasteiger partial charge in [0.2, 0.25) is 0 Å². The van der Waals surface area contributed by atoms with Gasteiger partial charge in [0.15, 0.2) is 0 Å². The Labute approximate surface area is 103 Å². The minimum Gasteiger partial charge on any atom is -0.356 e. The largest absolute Gasteiger partial charge is 0.356 e. The number of hydrogen-bond donors (Lipinski definition) is 0. The van der Waals surface area contributed by atoms with Crippen LogP contribution in [0.4, 0.5) is 0 Å². The fourth-order valence-electron chi connectivity index (χ4n) is 1.36. The summed E-state index contributed by atoms with van der Waals surface area (Å²) in [6, 6.07) is 9.73. The summed E-state index contributed by atoms with van der Waals surface area (Å²) in [5, 5.41) is 0.410. The molecule has 2 rings (SSSR count). The number of halogens is 1. The Morgan fingerprint density at radius 1 is 1.29 bits per heavy atom. The molecule has 0 unspecified atom stereocenters. The van der Waals surface area contributed by atoms with Crippen LogP contribution in [0.25, 0.3) is 0 Å². The number of ether oxygens (including phenoxy) is 1. The van der Waals surface area contributed by atoms with Crippen molar-refractivity contribution in [2.75, 3.05) is 0 Å². The summed E-state index contributed by atoms with van der Waals surface area (Å²) < 4.78 is 6.73. The molecule has 1 aromatic heterocycles. The van der Waals surface area contributed by atoms with E-state index in [1.165, 1.54) is 17.0 Å². The van der Waals surface area contributed by atoms with Crippen LogP contribution in [0, 0.1) is 0 Å². The second-order valence-corrected chi connectivity index (χ2v) is 3.92. The standard InChI is InChI=1S/C12H11ClN2O2/c13-11-6-14-12(16)15(7-11)9-17-8-10-4-2-1-3-5-10/h1-7H,8-9H2. The van der Waals surface area contributed by atoms with Crippen molar-refractivity contribution in [3.05, 3.63) is 63.8 Å². The maximum absolute atomic E-state index is 11.3. The molecular formula is C12H11ClN2O2. The molecule has 0 fully saturated rings. The molecule has 1 aromatic carbocycles. The van der Waals surface area contributed by atoms with Gasteiger partial charge < -0.3 is 4.74 Å². The summed E-state index contributed by atoms with van der Waals surface area (Å²) >= 11 is 5.73. The lowest BCUT2D eigenvalue weighted by atomic mass is 10.2. The third kappa shape index (κ3) is 3.41. The van der Waals surface area contributed by atoms with Gasteiger partial charge in [-0.2, -0.15) is 4.98 Å². The summed E-state index contributed by atoms with van der Waals surface area (Å²) in [5.74, 6) is 0. The minimum absolute atomic E-state index is 0.140. The number of rotatable bonds is 4. The van der Waals surface area contributed by atoms with Crippen molar-refractivity contribution < 1.29 is 4.74 Å². The van der Waals surface area contributed by atoms with Gasteiger partial charge in [0.05, 0.1) is 17.8 Å². The van der Waals surface area contributed by atoms with Gasteiger partial charge in [0, 0.05) is 6.20 Å². The molecule has 5 heteroatoms. The number of nitrogens with zero attached hydrogens (tertiary/aromatic N) is 2. The van der Waals surface area contributed by atoms with Gasteiger partial charge in [-0.05, 0) is 5.56 Å². The monoisotopic (exact) mass is 250 g/mol. The van der Waals surface area contributed by atoms with E-state index in [1.807, 2.05) is 30.3 Å². The predicted octanol–water partition coefficient (Wildman–Crippen LogP) is 2.07. The molecule has 1 heterocycles. The van der Waals surface area contributed by atoms with Gasteiger partial charge in [-0.3, -0.25) is 4.57 Å². The first-order valence-electron chi connectivity index (χ1n) is 5.09. The maximum atomic E-state index is 11.3. The lowest BCUT2D eigenvalue weighted by Gasteiger charge is -2.06. The van der Waals surface area contributed by atoms with Gasteiger partial charge in [-0.25, -0.2) is 4.79 Å². The molecule has 2 aromatic rings. The average molecular weight is 251 g/mol. The van der Waals surface area contributed by atoms with E-state index < -0.39 is 0 Å². The van der Waals surface area contributed by atoms with Crippen LogP contribution in [0.1, 0.15) is 5.56 Å². The SMILES string of the molecule is O=c1ncc(Cl)cn1COCc1ccccc1. The lowest BCUT2D eigenvalue weighted by molar-refractivity contribution is 0.0609. The molecule has 17 heavy (non-hydrogen) atoms. The van der Waals surface area contributed by atoms with Gasteiger partial charge >= 0.3 is 5.69 Å². The Morgan fingerprint density at radius 2 is 2.06 bits per heavy atom. The Hall–Kier alpha value is -1.65. The second-order valence-electron chi connectivity index (χ2n) is 3.49. The van der Waals surface area contributed by atoms with Crippen LogP contribution in [0.5, 0.6) is 0 Å². The van der Waals surface area contributed by atoms with Crippen LogP contribution in [0.15, 0.2) is 47.5 Å². The van der Waals surface area contributed by atoms with E-state index in [-0.39, 0.29) is 12.4 Å². The summed E-state index contributed by atoms with van der Waals surface area (Å²) in [6.45, 7) is 0.584. The fourth-order valence-corrected chi connectivity index (χ4v) is 1.52. The van der Waals surface area contributed by atoms with Crippen LogP contribution < -0.4 is 5.69 Å². The zero-order chi connectivity index (χ0) is 12.1. The average Bonchev–Trinajstić information content (AvgIpc) is 2.35. The summed E-state index contributed by atoms with van der Waals surface area (Å²) in [5.41, 5.74) is 0.679. The molecule has 0 aliphatic heterocycles. The van der Waals surface area contributed by atoms with Crippen molar-refractivity contribution >= 4 is 11.6 Å². The molecule has 0 radical (unpaired) electrons. The van der Waals surface area contributed by atoms with Gasteiger partial charge in [0.1, 0.15) is 6.73 Å². The van der Waals surface area contributed by atoms with Crippen LogP contribution >= 0.6 is 11.6 Å². The van der Waals surface area contributed by atoms with E-state index in [2.05, 4.69) is 4.98 Å². The Bertz CT molecular complexity index is 540. The Morgan fingerprint density at radius 3 is 2.82 bits per heavy atom. The molecule has 88 valence electrons. The zero-order valence-electron chi connectivity index (χ0n) is 9.04. The van der Waals surface area contributed by atoms with E-state index in [0.29, 0.717) is 11.6 Å². The lowest BCUT2D eigenvalue weighted by Crippen LogP contribution is -2.23. The molecule has 0 N–H and O–H groups in total. The molecule has 0 spiro atoms. The third-order valence-electron chi connectivity index (χ3n) is 2.17. The molecule has 0 saturated heterocycles. The van der Waals surface area contributed by atoms with E-state index in [9.17, 15) is 4.79 Å². The normalized spacial score (nSPS) is 10.4. The number of benzene rings is 1. The maximum Gasteiger partial charge on any atom is 0.349 e. The van der Waals surface area contributed by atoms with E-state index in [4.69, 9.17) is 16.3 Å². The first kappa shape index (κ1) is 11.8. The second kappa shape index (κ2) is 5.61. The van der Waals surface area contributed by atoms with Crippen molar-refractivity contribution in [1.82, 2.24) is 9.55 Å². The van der Waals surface area contributed by atoms with Gasteiger partial charge in [0.25, 0.3) is 0 Å². The third-order valence-corrected chi connectivity index (χ3v) is 2.36. The van der Waals surface area contributed by atoms with Crippen molar-refractivity contribution in [3.8, 4) is 0 Å². The molecule has 0 aliphatic carbocycles. The van der Waals surface area contributed by atoms with Gasteiger partial charge in [-0.1, -0.05) is 41.9 Å². The highest BCUT2D eigenvalue weighted by molar-refractivity contribution is 6.30. The van der Waals surface area contributed by atoms with Crippen molar-refractivity contribution in [2.24, 2.45) is 0 Å². The van der Waals surface area contributed by atoms with Crippen molar-refractivity contribution in [1.29, 1.82) is 0 Å². The summed E-state index contributed by atoms with van der Waals surface area (Å²) in [4.78, 5) is 14.9. The van der Waals surface area contributed by atoms with Crippen LogP contribution in [0.3, 0.4) is 0 Å². The topological polar surface area (TPSA) is 44.1 Å². The summed E-state index contributed by atoms with van der Waals surface area (Å²) in [6.07, 6.45) is 2.82. The smallest absolute Gasteiger partial charge is 0.349 e. The quantitative estimate of drug-likeness (QED) is 0.834. The Kier molecular flexibility index (Phi) is 3.90. The van der Waals surface area contributed by atoms with Crippen LogP contribution in [0.2, 0.25) is 5.02 Å². The van der Waals surface area contributed by atoms with Gasteiger partial charge in [-0.15, -0.1) is 0 Å². The molecule has 0 saturated carbocycles. The van der Waals surface area contributed by atoms with E-state index in [0.717, 1.165) is 5.56 Å². The Balaban J connectivity index is 1.94. The first-order chi connectivity index (χ1) is 8.25. The van der Waals surface area contributed by atoms with Crippen molar-refractivity contribution in [2.45, 2.75) is 13.3 Å². The molecule has 0 bridgehead atoms. The molecule has 0 amide bonds. The number of aromatic nitrogens is 2. The highest BCUT2D eigenvalue weighted by atomic mass is 35.5. The molecule has 0 atom stereocenters. The summed E-state index contributed by atoms with van der Waals surface area (Å²) in [7, 11) is 0. The van der Waals surface area contributed by atoms with Crippen LogP contribution in [-0.2, 0) is 18.1 Å². The zero-order valence-corrected chi connectivity index (χ0v) is 9.80. The van der Waals surface area contributed by atoms with E-state index >= 15 is 0 Å². The first-order valence-corrected chi connectivity index (χ1v) is 5.47. The molecule has 4 nitrogen and oxygen atoms in total. The molecule has 0 aliphatic rings. The predicted molar refractivity (Wildman–Crippen MR) is 64.7 cm³/mol. The van der Waals surface area contributed by atoms with Crippen molar-refractivity contribution in [3.63, 3.8) is 0 Å². The van der Waals surface area contributed by atoms with E-state index in [1.54, 1.807) is 0 Å². The fraction of sp³-hybridized carbons (Fsp3) is 0.167.